The van der Waals surface area contributed by atoms with Crippen LogP contribution in [0.2, 0.25) is 0 Å². The van der Waals surface area contributed by atoms with E-state index in [2.05, 4.69) is 41.1 Å². The van der Waals surface area contributed by atoms with Crippen LogP contribution in [0.3, 0.4) is 0 Å². The van der Waals surface area contributed by atoms with Gasteiger partial charge in [0.2, 0.25) is 0 Å². The Labute approximate surface area is 195 Å². The van der Waals surface area contributed by atoms with Crippen LogP contribution >= 0.6 is 0 Å². The van der Waals surface area contributed by atoms with E-state index >= 15 is 0 Å². The molecule has 7 nitrogen and oxygen atoms in total. The van der Waals surface area contributed by atoms with Gasteiger partial charge in [0.1, 0.15) is 17.4 Å². The number of carbonyl (C=O) groups excluding carboxylic acids is 2. The molecule has 1 unspecified atom stereocenters. The molecule has 1 N–H and O–H groups in total. The Morgan fingerprint density at radius 3 is 2.55 bits per heavy atom. The first-order valence-corrected chi connectivity index (χ1v) is 11.7. The Kier molecular flexibility index (Phi) is 6.23. The summed E-state index contributed by atoms with van der Waals surface area (Å²) in [4.78, 5) is 32.1. The fraction of sp³-hybridized carbons (Fsp3) is 0.462. The monoisotopic (exact) mass is 447 g/mol. The van der Waals surface area contributed by atoms with Crippen LogP contribution in [-0.2, 0) is 10.2 Å². The SMILES string of the molecule is CCC(=O)C1CCCN(c2cc(NC(=O)c3ccc(C(C)(C)C)cc3)nc3cc(C)nn23)C1. The number of nitrogens with one attached hydrogen (secondary N) is 1. The Balaban J connectivity index is 1.62. The number of piperidine rings is 1. The molecule has 2 aromatic heterocycles. The van der Waals surface area contributed by atoms with Gasteiger partial charge in [0, 0.05) is 43.1 Å². The molecule has 0 bridgehead atoms. The first kappa shape index (κ1) is 23.0. The van der Waals surface area contributed by atoms with Crippen molar-refractivity contribution >= 4 is 29.0 Å². The van der Waals surface area contributed by atoms with Gasteiger partial charge in [-0.2, -0.15) is 9.61 Å². The van der Waals surface area contributed by atoms with Crippen molar-refractivity contribution in [1.82, 2.24) is 14.6 Å². The Morgan fingerprint density at radius 2 is 1.88 bits per heavy atom. The van der Waals surface area contributed by atoms with Crippen LogP contribution in [0.4, 0.5) is 11.6 Å². The van der Waals surface area contributed by atoms with Gasteiger partial charge in [-0.3, -0.25) is 9.59 Å². The van der Waals surface area contributed by atoms with Crippen molar-refractivity contribution < 1.29 is 9.59 Å². The zero-order valence-electron chi connectivity index (χ0n) is 20.2. The molecule has 0 spiro atoms. The largest absolute Gasteiger partial charge is 0.356 e. The average molecular weight is 448 g/mol. The number of nitrogens with zero attached hydrogens (tertiary/aromatic N) is 4. The summed E-state index contributed by atoms with van der Waals surface area (Å²) in [6, 6.07) is 11.5. The maximum atomic E-state index is 13.0. The summed E-state index contributed by atoms with van der Waals surface area (Å²) in [5.74, 6) is 1.45. The summed E-state index contributed by atoms with van der Waals surface area (Å²) in [6.45, 7) is 11.8. The van der Waals surface area contributed by atoms with Gasteiger partial charge < -0.3 is 10.2 Å². The molecular formula is C26H33N5O2. The molecule has 4 rings (SSSR count). The molecule has 0 radical (unpaired) electrons. The minimum absolute atomic E-state index is 0.0296. The van der Waals surface area contributed by atoms with Crippen molar-refractivity contribution in [2.75, 3.05) is 23.3 Å². The molecule has 1 saturated heterocycles. The lowest BCUT2D eigenvalue weighted by Gasteiger charge is -2.33. The maximum absolute atomic E-state index is 13.0. The van der Waals surface area contributed by atoms with E-state index in [1.54, 1.807) is 0 Å². The number of fused-ring (bicyclic) bond motifs is 1. The second-order valence-electron chi connectivity index (χ2n) is 9.94. The summed E-state index contributed by atoms with van der Waals surface area (Å²) in [7, 11) is 0. The molecule has 33 heavy (non-hydrogen) atoms. The predicted molar refractivity (Wildman–Crippen MR) is 131 cm³/mol. The molecular weight excluding hydrogens is 414 g/mol. The maximum Gasteiger partial charge on any atom is 0.256 e. The lowest BCUT2D eigenvalue weighted by molar-refractivity contribution is -0.122. The highest BCUT2D eigenvalue weighted by molar-refractivity contribution is 6.04. The summed E-state index contributed by atoms with van der Waals surface area (Å²) in [5.41, 5.74) is 3.32. The van der Waals surface area contributed by atoms with Crippen LogP contribution in [0.15, 0.2) is 36.4 Å². The quantitative estimate of drug-likeness (QED) is 0.609. The van der Waals surface area contributed by atoms with Gasteiger partial charge >= 0.3 is 0 Å². The third kappa shape index (κ3) is 4.92. The van der Waals surface area contributed by atoms with Gasteiger partial charge in [-0.05, 0) is 42.9 Å². The van der Waals surface area contributed by atoms with Crippen LogP contribution in [0, 0.1) is 12.8 Å². The van der Waals surface area contributed by atoms with E-state index in [4.69, 9.17) is 0 Å². The number of carbonyl (C=O) groups is 2. The van der Waals surface area contributed by atoms with E-state index in [1.165, 1.54) is 5.56 Å². The van der Waals surface area contributed by atoms with Crippen molar-refractivity contribution in [3.05, 3.63) is 53.2 Å². The fourth-order valence-corrected chi connectivity index (χ4v) is 4.41. The summed E-state index contributed by atoms with van der Waals surface area (Å²) < 4.78 is 1.81. The van der Waals surface area contributed by atoms with Crippen molar-refractivity contribution in [2.24, 2.45) is 5.92 Å². The molecule has 1 fully saturated rings. The van der Waals surface area contributed by atoms with E-state index in [0.717, 1.165) is 30.9 Å². The van der Waals surface area contributed by atoms with Crippen LogP contribution in [0.1, 0.15) is 68.6 Å². The lowest BCUT2D eigenvalue weighted by atomic mass is 9.87. The summed E-state index contributed by atoms with van der Waals surface area (Å²) in [5, 5.41) is 7.56. The Morgan fingerprint density at radius 1 is 1.15 bits per heavy atom. The number of hydrogen-bond donors (Lipinski definition) is 1. The smallest absolute Gasteiger partial charge is 0.256 e. The van der Waals surface area contributed by atoms with Crippen LogP contribution in [0.25, 0.3) is 5.65 Å². The number of hydrogen-bond acceptors (Lipinski definition) is 5. The number of rotatable bonds is 5. The highest BCUT2D eigenvalue weighted by Crippen LogP contribution is 2.28. The summed E-state index contributed by atoms with van der Waals surface area (Å²) >= 11 is 0. The molecule has 1 aliphatic heterocycles. The van der Waals surface area contributed by atoms with Gasteiger partial charge in [0.15, 0.2) is 5.65 Å². The van der Waals surface area contributed by atoms with Gasteiger partial charge in [-0.1, -0.05) is 39.8 Å². The predicted octanol–water partition coefficient (Wildman–Crippen LogP) is 4.78. The van der Waals surface area contributed by atoms with Gasteiger partial charge in [0.05, 0.1) is 5.69 Å². The molecule has 1 aromatic carbocycles. The number of ketones is 1. The highest BCUT2D eigenvalue weighted by Gasteiger charge is 2.27. The van der Waals surface area contributed by atoms with Crippen molar-refractivity contribution in [3.63, 3.8) is 0 Å². The molecule has 3 heterocycles. The third-order valence-corrected chi connectivity index (χ3v) is 6.33. The minimum atomic E-state index is -0.202. The zero-order chi connectivity index (χ0) is 23.8. The molecule has 1 aliphatic rings. The molecule has 7 heteroatoms. The minimum Gasteiger partial charge on any atom is -0.356 e. The first-order valence-electron chi connectivity index (χ1n) is 11.7. The van der Waals surface area contributed by atoms with Crippen LogP contribution in [0.5, 0.6) is 0 Å². The zero-order valence-corrected chi connectivity index (χ0v) is 20.2. The summed E-state index contributed by atoms with van der Waals surface area (Å²) in [6.07, 6.45) is 2.42. The van der Waals surface area contributed by atoms with Crippen molar-refractivity contribution in [1.29, 1.82) is 0 Å². The van der Waals surface area contributed by atoms with Crippen LogP contribution in [-0.4, -0.2) is 39.4 Å². The molecule has 1 atom stereocenters. The fourth-order valence-electron chi connectivity index (χ4n) is 4.41. The normalized spacial score (nSPS) is 16.8. The molecule has 0 saturated carbocycles. The van der Waals surface area contributed by atoms with E-state index in [-0.39, 0.29) is 17.2 Å². The molecule has 174 valence electrons. The van der Waals surface area contributed by atoms with E-state index in [1.807, 2.05) is 54.8 Å². The van der Waals surface area contributed by atoms with Gasteiger partial charge in [-0.25, -0.2) is 4.98 Å². The van der Waals surface area contributed by atoms with Gasteiger partial charge in [0.25, 0.3) is 5.91 Å². The highest BCUT2D eigenvalue weighted by atomic mass is 16.1. The number of aryl methyl sites for hydroxylation is 1. The Hall–Kier alpha value is -3.22. The Bertz CT molecular complexity index is 1170. The van der Waals surface area contributed by atoms with Crippen molar-refractivity contribution in [2.45, 2.75) is 59.3 Å². The van der Waals surface area contributed by atoms with Gasteiger partial charge in [-0.15, -0.1) is 0 Å². The van der Waals surface area contributed by atoms with E-state index < -0.39 is 0 Å². The second-order valence-corrected chi connectivity index (χ2v) is 9.94. The average Bonchev–Trinajstić information content (AvgIpc) is 3.17. The van der Waals surface area contributed by atoms with Crippen LogP contribution < -0.4 is 10.2 Å². The molecule has 1 amide bonds. The lowest BCUT2D eigenvalue weighted by Crippen LogP contribution is -2.39. The number of benzene rings is 1. The standard InChI is InChI=1S/C26H33N5O2/c1-6-21(32)19-8-7-13-30(16-19)24-15-22(27-23-14-17(2)29-31(23)24)28-25(33)18-9-11-20(12-10-18)26(3,4)5/h9-12,14-15,19H,6-8,13,16H2,1-5H3,(H,27,28,33). The number of Topliss-reactive ketones (excluding diaryl/α,β-unsaturated/α-hetero) is 1. The van der Waals surface area contributed by atoms with E-state index in [0.29, 0.717) is 35.8 Å². The first-order chi connectivity index (χ1) is 15.7. The van der Waals surface area contributed by atoms with Crippen molar-refractivity contribution in [3.8, 4) is 0 Å². The topological polar surface area (TPSA) is 79.6 Å². The number of anilines is 2. The molecule has 0 aliphatic carbocycles. The second kappa shape index (κ2) is 8.96. The third-order valence-electron chi connectivity index (χ3n) is 6.33. The number of aromatic nitrogens is 3. The number of amides is 1. The molecule has 3 aromatic rings. The van der Waals surface area contributed by atoms with E-state index in [9.17, 15) is 9.59 Å².